The summed E-state index contributed by atoms with van der Waals surface area (Å²) in [6.07, 6.45) is 5.51. The summed E-state index contributed by atoms with van der Waals surface area (Å²) in [6.45, 7) is 8.24. The molecule has 2 heterocycles. The minimum Gasteiger partial charge on any atom is -0.490 e. The SMILES string of the molecule is C[C@@H]1CN([C@@H](C)CO)C(=O)c2cc(NC(=O)c3ccncc3)ccc2O[C@@H](C)CCCCO[C@@H]1CN(C)Cc1ccccc1. The summed E-state index contributed by atoms with van der Waals surface area (Å²) < 4.78 is 12.8. The zero-order valence-electron chi connectivity index (χ0n) is 26.3. The molecule has 1 aliphatic heterocycles. The maximum atomic E-state index is 14.3. The summed E-state index contributed by atoms with van der Waals surface area (Å²) in [6, 6.07) is 18.3. The van der Waals surface area contributed by atoms with E-state index < -0.39 is 6.04 Å². The van der Waals surface area contributed by atoms with Gasteiger partial charge in [0.05, 0.1) is 30.4 Å². The van der Waals surface area contributed by atoms with Gasteiger partial charge in [-0.3, -0.25) is 19.5 Å². The van der Waals surface area contributed by atoms with Crippen LogP contribution in [0.15, 0.2) is 73.1 Å². The number of benzene rings is 2. The van der Waals surface area contributed by atoms with E-state index in [-0.39, 0.29) is 36.5 Å². The number of nitrogens with one attached hydrogen (secondary N) is 1. The summed E-state index contributed by atoms with van der Waals surface area (Å²) in [7, 11) is 2.09. The van der Waals surface area contributed by atoms with Gasteiger partial charge in [0.2, 0.25) is 0 Å². The van der Waals surface area contributed by atoms with Crippen molar-refractivity contribution in [2.24, 2.45) is 5.92 Å². The number of aliphatic hydroxyl groups excluding tert-OH is 1. The van der Waals surface area contributed by atoms with Gasteiger partial charge in [-0.25, -0.2) is 0 Å². The second-order valence-corrected chi connectivity index (χ2v) is 11.9. The van der Waals surface area contributed by atoms with Gasteiger partial charge < -0.3 is 24.8 Å². The first-order valence-corrected chi connectivity index (χ1v) is 15.5. The second-order valence-electron chi connectivity index (χ2n) is 11.9. The topological polar surface area (TPSA) is 104 Å². The van der Waals surface area contributed by atoms with E-state index >= 15 is 0 Å². The molecule has 0 spiro atoms. The van der Waals surface area contributed by atoms with Crippen molar-refractivity contribution < 1.29 is 24.2 Å². The number of aromatic nitrogens is 1. The Kier molecular flexibility index (Phi) is 12.3. The van der Waals surface area contributed by atoms with Crippen molar-refractivity contribution in [3.63, 3.8) is 0 Å². The maximum Gasteiger partial charge on any atom is 0.258 e. The number of aliphatic hydroxyl groups is 1. The van der Waals surface area contributed by atoms with Crippen molar-refractivity contribution in [1.82, 2.24) is 14.8 Å². The summed E-state index contributed by atoms with van der Waals surface area (Å²) in [4.78, 5) is 35.1. The Hall–Kier alpha value is -3.79. The lowest BCUT2D eigenvalue weighted by molar-refractivity contribution is -0.0177. The number of ether oxygens (including phenoxy) is 2. The molecule has 1 aromatic heterocycles. The van der Waals surface area contributed by atoms with Crippen LogP contribution in [0.1, 0.15) is 66.3 Å². The number of pyridine rings is 1. The molecule has 0 aliphatic carbocycles. The lowest BCUT2D eigenvalue weighted by atomic mass is 10.0. The molecule has 4 atom stereocenters. The molecule has 236 valence electrons. The number of rotatable bonds is 8. The number of likely N-dealkylation sites (N-methyl/N-ethyl adjacent to an activating group) is 1. The van der Waals surface area contributed by atoms with E-state index in [2.05, 4.69) is 41.3 Å². The van der Waals surface area contributed by atoms with Crippen molar-refractivity contribution in [1.29, 1.82) is 0 Å². The molecule has 9 heteroatoms. The van der Waals surface area contributed by atoms with Gasteiger partial charge in [-0.2, -0.15) is 0 Å². The van der Waals surface area contributed by atoms with Crippen LogP contribution in [0.5, 0.6) is 5.75 Å². The molecular formula is C35H46N4O5. The predicted octanol–water partition coefficient (Wildman–Crippen LogP) is 5.26. The quantitative estimate of drug-likeness (QED) is 0.363. The third-order valence-electron chi connectivity index (χ3n) is 8.04. The van der Waals surface area contributed by atoms with Crippen molar-refractivity contribution in [2.45, 2.75) is 64.8 Å². The van der Waals surface area contributed by atoms with Crippen LogP contribution >= 0.6 is 0 Å². The van der Waals surface area contributed by atoms with Crippen molar-refractivity contribution in [3.05, 3.63) is 89.7 Å². The second kappa shape index (κ2) is 16.3. The summed E-state index contributed by atoms with van der Waals surface area (Å²) in [5, 5.41) is 13.1. The van der Waals surface area contributed by atoms with Crippen molar-refractivity contribution >= 4 is 17.5 Å². The van der Waals surface area contributed by atoms with Crippen molar-refractivity contribution in [3.8, 4) is 5.75 Å². The Morgan fingerprint density at radius 3 is 2.59 bits per heavy atom. The smallest absolute Gasteiger partial charge is 0.258 e. The van der Waals surface area contributed by atoms with Gasteiger partial charge in [-0.15, -0.1) is 0 Å². The van der Waals surface area contributed by atoms with Gasteiger partial charge in [0.25, 0.3) is 11.8 Å². The van der Waals surface area contributed by atoms with E-state index in [1.165, 1.54) is 5.56 Å². The first-order chi connectivity index (χ1) is 21.2. The lowest BCUT2D eigenvalue weighted by Crippen LogP contribution is -2.47. The average Bonchev–Trinajstić information content (AvgIpc) is 3.03. The number of carbonyl (C=O) groups is 2. The molecule has 0 radical (unpaired) electrons. The molecule has 0 unspecified atom stereocenters. The highest BCUT2D eigenvalue weighted by Gasteiger charge is 2.30. The molecule has 1 aliphatic rings. The highest BCUT2D eigenvalue weighted by Crippen LogP contribution is 2.29. The van der Waals surface area contributed by atoms with Crippen LogP contribution in [0, 0.1) is 5.92 Å². The number of hydrogen-bond donors (Lipinski definition) is 2. The van der Waals surface area contributed by atoms with E-state index in [1.807, 2.05) is 32.0 Å². The summed E-state index contributed by atoms with van der Waals surface area (Å²) in [5.74, 6) is -0.135. The number of amides is 2. The molecule has 2 N–H and O–H groups in total. The fourth-order valence-corrected chi connectivity index (χ4v) is 5.44. The maximum absolute atomic E-state index is 14.3. The number of hydrogen-bond acceptors (Lipinski definition) is 7. The molecule has 0 bridgehead atoms. The third kappa shape index (κ3) is 9.35. The Morgan fingerprint density at radius 1 is 1.11 bits per heavy atom. The van der Waals surface area contributed by atoms with Gasteiger partial charge in [-0.1, -0.05) is 37.3 Å². The van der Waals surface area contributed by atoms with E-state index in [9.17, 15) is 14.7 Å². The Balaban J connectivity index is 1.61. The predicted molar refractivity (Wildman–Crippen MR) is 172 cm³/mol. The van der Waals surface area contributed by atoms with E-state index in [4.69, 9.17) is 9.47 Å². The van der Waals surface area contributed by atoms with Crippen molar-refractivity contribution in [2.75, 3.05) is 38.7 Å². The standard InChI is InChI=1S/C35H46N4O5/c1-25-21-39(26(2)24-40)35(42)31-20-30(37-34(41)29-15-17-36-18-16-29)13-14-32(31)44-27(3)10-8-9-19-43-33(25)23-38(4)22-28-11-6-5-7-12-28/h5-7,11-18,20,25-27,33,40H,8-10,19,21-24H2,1-4H3,(H,37,41)/t25-,26+,27+,33-/m1/s1. The fraction of sp³-hybridized carbons (Fsp3) is 0.457. The number of fused-ring (bicyclic) bond motifs is 1. The van der Waals surface area contributed by atoms with E-state index in [1.54, 1.807) is 47.6 Å². The largest absolute Gasteiger partial charge is 0.490 e. The summed E-state index contributed by atoms with van der Waals surface area (Å²) >= 11 is 0. The molecule has 4 rings (SSSR count). The van der Waals surface area contributed by atoms with Gasteiger partial charge in [0.1, 0.15) is 5.75 Å². The van der Waals surface area contributed by atoms with E-state index in [0.717, 1.165) is 25.8 Å². The first-order valence-electron chi connectivity index (χ1n) is 15.5. The van der Waals surface area contributed by atoms with Crippen LogP contribution in [0.25, 0.3) is 0 Å². The van der Waals surface area contributed by atoms with Gasteiger partial charge in [-0.05, 0) is 76.1 Å². The Bertz CT molecular complexity index is 1340. The number of carbonyl (C=O) groups excluding carboxylic acids is 2. The first kappa shape index (κ1) is 33.1. The minimum atomic E-state index is -0.444. The highest BCUT2D eigenvalue weighted by atomic mass is 16.5. The average molecular weight is 603 g/mol. The molecule has 9 nitrogen and oxygen atoms in total. The van der Waals surface area contributed by atoms with Crippen LogP contribution in [-0.4, -0.2) is 83.3 Å². The molecule has 0 fully saturated rings. The summed E-state index contributed by atoms with van der Waals surface area (Å²) in [5.41, 5.74) is 2.51. The normalized spacial score (nSPS) is 20.7. The molecule has 0 saturated carbocycles. The molecule has 44 heavy (non-hydrogen) atoms. The molecule has 3 aromatic rings. The van der Waals surface area contributed by atoms with Crippen LogP contribution in [-0.2, 0) is 11.3 Å². The molecular weight excluding hydrogens is 556 g/mol. The van der Waals surface area contributed by atoms with Crippen LogP contribution < -0.4 is 10.1 Å². The molecule has 2 aromatic carbocycles. The van der Waals surface area contributed by atoms with Crippen LogP contribution in [0.4, 0.5) is 5.69 Å². The van der Waals surface area contributed by atoms with Gasteiger partial charge in [0.15, 0.2) is 0 Å². The zero-order chi connectivity index (χ0) is 31.5. The molecule has 0 saturated heterocycles. The van der Waals surface area contributed by atoms with Gasteiger partial charge in [0, 0.05) is 55.8 Å². The van der Waals surface area contributed by atoms with E-state index in [0.29, 0.717) is 42.3 Å². The zero-order valence-corrected chi connectivity index (χ0v) is 26.3. The highest BCUT2D eigenvalue weighted by molar-refractivity contribution is 6.05. The molecule has 2 amide bonds. The minimum absolute atomic E-state index is 0.0213. The number of anilines is 1. The lowest BCUT2D eigenvalue weighted by Gasteiger charge is -2.36. The Labute approximate surface area is 261 Å². The van der Waals surface area contributed by atoms with Crippen LogP contribution in [0.3, 0.4) is 0 Å². The van der Waals surface area contributed by atoms with Crippen LogP contribution in [0.2, 0.25) is 0 Å². The van der Waals surface area contributed by atoms with Gasteiger partial charge >= 0.3 is 0 Å². The third-order valence-corrected chi connectivity index (χ3v) is 8.04. The fourth-order valence-electron chi connectivity index (χ4n) is 5.44. The number of nitrogens with zero attached hydrogens (tertiary/aromatic N) is 3. The Morgan fingerprint density at radius 2 is 1.86 bits per heavy atom. The monoisotopic (exact) mass is 602 g/mol.